The number of nitrogens with one attached hydrogen (secondary N) is 1. The summed E-state index contributed by atoms with van der Waals surface area (Å²) in [7, 11) is 0. The predicted molar refractivity (Wildman–Crippen MR) is 86.5 cm³/mol. The van der Waals surface area contributed by atoms with Gasteiger partial charge in [-0.05, 0) is 44.2 Å². The number of thioether (sulfide) groups is 1. The van der Waals surface area contributed by atoms with Crippen LogP contribution in [0, 0.1) is 12.7 Å². The molecule has 1 unspecified atom stereocenters. The summed E-state index contributed by atoms with van der Waals surface area (Å²) in [5.41, 5.74) is 1.67. The van der Waals surface area contributed by atoms with Crippen LogP contribution in [0.1, 0.15) is 12.5 Å². The van der Waals surface area contributed by atoms with Crippen LogP contribution in [-0.2, 0) is 4.79 Å². The van der Waals surface area contributed by atoms with Crippen molar-refractivity contribution in [2.45, 2.75) is 24.0 Å². The third-order valence-corrected chi connectivity index (χ3v) is 4.29. The van der Waals surface area contributed by atoms with Crippen molar-refractivity contribution in [3.05, 3.63) is 58.9 Å². The van der Waals surface area contributed by atoms with Crippen LogP contribution in [0.4, 0.5) is 10.1 Å². The fourth-order valence-electron chi connectivity index (χ4n) is 1.69. The Morgan fingerprint density at radius 1 is 1.24 bits per heavy atom. The second-order valence-electron chi connectivity index (χ2n) is 4.69. The summed E-state index contributed by atoms with van der Waals surface area (Å²) < 4.78 is 13.1. The molecule has 1 N–H and O–H groups in total. The van der Waals surface area contributed by atoms with Crippen molar-refractivity contribution in [2.75, 3.05) is 5.32 Å². The van der Waals surface area contributed by atoms with Gasteiger partial charge in [0.1, 0.15) is 5.82 Å². The Kier molecular flexibility index (Phi) is 5.26. The molecule has 5 heteroatoms. The van der Waals surface area contributed by atoms with E-state index in [1.807, 2.05) is 38.1 Å². The molecule has 0 radical (unpaired) electrons. The molecule has 0 saturated carbocycles. The topological polar surface area (TPSA) is 29.1 Å². The quantitative estimate of drug-likeness (QED) is 0.810. The van der Waals surface area contributed by atoms with Gasteiger partial charge in [-0.1, -0.05) is 29.3 Å². The van der Waals surface area contributed by atoms with Crippen molar-refractivity contribution in [2.24, 2.45) is 0 Å². The van der Waals surface area contributed by atoms with Crippen LogP contribution in [0.15, 0.2) is 47.4 Å². The Morgan fingerprint density at radius 2 is 1.90 bits per heavy atom. The zero-order chi connectivity index (χ0) is 15.4. The molecule has 21 heavy (non-hydrogen) atoms. The number of carbonyl (C=O) groups excluding carboxylic acids is 1. The van der Waals surface area contributed by atoms with Crippen LogP contribution in [0.5, 0.6) is 0 Å². The lowest BCUT2D eigenvalue weighted by atomic mass is 10.2. The minimum Gasteiger partial charge on any atom is -0.325 e. The summed E-state index contributed by atoms with van der Waals surface area (Å²) in [6.45, 7) is 3.84. The Bertz CT molecular complexity index is 645. The van der Waals surface area contributed by atoms with Gasteiger partial charge >= 0.3 is 0 Å². The van der Waals surface area contributed by atoms with Crippen LogP contribution < -0.4 is 5.32 Å². The van der Waals surface area contributed by atoms with Gasteiger partial charge in [-0.25, -0.2) is 4.39 Å². The van der Waals surface area contributed by atoms with Gasteiger partial charge in [-0.15, -0.1) is 11.8 Å². The van der Waals surface area contributed by atoms with Gasteiger partial charge in [0.2, 0.25) is 5.91 Å². The maximum absolute atomic E-state index is 13.1. The molecule has 2 aromatic rings. The fraction of sp³-hybridized carbons (Fsp3) is 0.188. The molecule has 1 atom stereocenters. The van der Waals surface area contributed by atoms with Crippen molar-refractivity contribution in [3.8, 4) is 0 Å². The average Bonchev–Trinajstić information content (AvgIpc) is 2.45. The van der Waals surface area contributed by atoms with Crippen LogP contribution in [0.3, 0.4) is 0 Å². The van der Waals surface area contributed by atoms with Crippen LogP contribution in [0.25, 0.3) is 0 Å². The van der Waals surface area contributed by atoms with Crippen molar-refractivity contribution in [1.29, 1.82) is 0 Å². The lowest BCUT2D eigenvalue weighted by molar-refractivity contribution is -0.115. The van der Waals surface area contributed by atoms with Crippen molar-refractivity contribution in [1.82, 2.24) is 0 Å². The van der Waals surface area contributed by atoms with Crippen LogP contribution in [0.2, 0.25) is 5.02 Å². The van der Waals surface area contributed by atoms with Crippen molar-refractivity contribution in [3.63, 3.8) is 0 Å². The highest BCUT2D eigenvalue weighted by molar-refractivity contribution is 8.00. The lowest BCUT2D eigenvalue weighted by Gasteiger charge is -2.12. The minimum absolute atomic E-state index is 0.00774. The van der Waals surface area contributed by atoms with E-state index in [0.29, 0.717) is 5.69 Å². The van der Waals surface area contributed by atoms with E-state index < -0.39 is 5.82 Å². The SMILES string of the molecule is Cc1ccc(SC(C)C(=O)Nc2ccc(F)c(Cl)c2)cc1. The van der Waals surface area contributed by atoms with E-state index in [9.17, 15) is 9.18 Å². The zero-order valence-electron chi connectivity index (χ0n) is 11.7. The number of anilines is 1. The molecule has 1 amide bonds. The maximum Gasteiger partial charge on any atom is 0.237 e. The van der Waals surface area contributed by atoms with E-state index in [1.165, 1.54) is 35.5 Å². The van der Waals surface area contributed by atoms with Crippen LogP contribution in [-0.4, -0.2) is 11.2 Å². The summed E-state index contributed by atoms with van der Waals surface area (Å²) in [4.78, 5) is 13.1. The summed E-state index contributed by atoms with van der Waals surface area (Å²) in [5.74, 6) is -0.653. The number of halogens is 2. The van der Waals surface area contributed by atoms with Crippen LogP contribution >= 0.6 is 23.4 Å². The first-order chi connectivity index (χ1) is 9.95. The van der Waals surface area contributed by atoms with Gasteiger partial charge in [-0.2, -0.15) is 0 Å². The first-order valence-electron chi connectivity index (χ1n) is 6.45. The van der Waals surface area contributed by atoms with E-state index in [0.717, 1.165) is 4.90 Å². The highest BCUT2D eigenvalue weighted by Crippen LogP contribution is 2.25. The molecule has 110 valence electrons. The highest BCUT2D eigenvalue weighted by atomic mass is 35.5. The molecule has 0 aliphatic carbocycles. The molecule has 0 fully saturated rings. The monoisotopic (exact) mass is 323 g/mol. The minimum atomic E-state index is -0.503. The Labute approximate surface area is 132 Å². The first kappa shape index (κ1) is 15.9. The Balaban J connectivity index is 1.98. The molecule has 0 spiro atoms. The summed E-state index contributed by atoms with van der Waals surface area (Å²) in [6.07, 6.45) is 0. The summed E-state index contributed by atoms with van der Waals surface area (Å²) in [5, 5.41) is 2.46. The second kappa shape index (κ2) is 6.96. The number of benzene rings is 2. The van der Waals surface area contributed by atoms with E-state index >= 15 is 0 Å². The number of hydrogen-bond donors (Lipinski definition) is 1. The van der Waals surface area contributed by atoms with E-state index in [4.69, 9.17) is 11.6 Å². The van der Waals surface area contributed by atoms with Gasteiger partial charge in [-0.3, -0.25) is 4.79 Å². The third kappa shape index (κ3) is 4.48. The Morgan fingerprint density at radius 3 is 2.52 bits per heavy atom. The zero-order valence-corrected chi connectivity index (χ0v) is 13.3. The van der Waals surface area contributed by atoms with Gasteiger partial charge in [0, 0.05) is 10.6 Å². The predicted octanol–water partition coefficient (Wildman–Crippen LogP) is 4.91. The Hall–Kier alpha value is -1.52. The molecule has 2 aromatic carbocycles. The van der Waals surface area contributed by atoms with Crippen molar-refractivity contribution >= 4 is 35.0 Å². The van der Waals surface area contributed by atoms with E-state index in [2.05, 4.69) is 5.32 Å². The molecule has 2 rings (SSSR count). The average molecular weight is 324 g/mol. The molecule has 0 aromatic heterocycles. The van der Waals surface area contributed by atoms with E-state index in [-0.39, 0.29) is 16.2 Å². The molecule has 0 aliphatic heterocycles. The third-order valence-electron chi connectivity index (χ3n) is 2.89. The molecule has 0 heterocycles. The summed E-state index contributed by atoms with van der Waals surface area (Å²) >= 11 is 7.16. The number of carbonyl (C=O) groups is 1. The second-order valence-corrected chi connectivity index (χ2v) is 6.51. The highest BCUT2D eigenvalue weighted by Gasteiger charge is 2.15. The van der Waals surface area contributed by atoms with Gasteiger partial charge < -0.3 is 5.32 Å². The number of aryl methyl sites for hydroxylation is 1. The van der Waals surface area contributed by atoms with Gasteiger partial charge in [0.05, 0.1) is 10.3 Å². The molecular formula is C16H15ClFNOS. The molecular weight excluding hydrogens is 309 g/mol. The molecule has 2 nitrogen and oxygen atoms in total. The van der Waals surface area contributed by atoms with Gasteiger partial charge in [0.15, 0.2) is 0 Å². The maximum atomic E-state index is 13.1. The van der Waals surface area contributed by atoms with Crippen molar-refractivity contribution < 1.29 is 9.18 Å². The number of amides is 1. The normalized spacial score (nSPS) is 12.0. The summed E-state index contributed by atoms with van der Waals surface area (Å²) in [6, 6.07) is 12.1. The molecule has 0 aliphatic rings. The molecule has 0 bridgehead atoms. The lowest BCUT2D eigenvalue weighted by Crippen LogP contribution is -2.22. The fourth-order valence-corrected chi connectivity index (χ4v) is 2.74. The smallest absolute Gasteiger partial charge is 0.237 e. The van der Waals surface area contributed by atoms with E-state index in [1.54, 1.807) is 0 Å². The van der Waals surface area contributed by atoms with Gasteiger partial charge in [0.25, 0.3) is 0 Å². The standard InChI is InChI=1S/C16H15ClFNOS/c1-10-3-6-13(7-4-10)21-11(2)16(20)19-12-5-8-15(18)14(17)9-12/h3-9,11H,1-2H3,(H,19,20). The largest absolute Gasteiger partial charge is 0.325 e. The first-order valence-corrected chi connectivity index (χ1v) is 7.70. The number of hydrogen-bond acceptors (Lipinski definition) is 2. The number of rotatable bonds is 4. The molecule has 0 saturated heterocycles.